The second-order valence-electron chi connectivity index (χ2n) is 9.56. The number of hydrogen-bond donors (Lipinski definition) is 0. The summed E-state index contributed by atoms with van der Waals surface area (Å²) in [7, 11) is 0. The Labute approximate surface area is 196 Å². The monoisotopic (exact) mass is 446 g/mol. The molecule has 0 spiro atoms. The highest BCUT2D eigenvalue weighted by molar-refractivity contribution is 5.86. The van der Waals surface area contributed by atoms with Crippen LogP contribution in [0.2, 0.25) is 0 Å². The summed E-state index contributed by atoms with van der Waals surface area (Å²) in [5.74, 6) is 0.300. The molecule has 6 heteroatoms. The zero-order valence-corrected chi connectivity index (χ0v) is 19.6. The highest BCUT2D eigenvalue weighted by Crippen LogP contribution is 2.32. The lowest BCUT2D eigenvalue weighted by molar-refractivity contribution is -0.140. The minimum atomic E-state index is -0.342. The number of hydrogen-bond acceptors (Lipinski definition) is 4. The van der Waals surface area contributed by atoms with Crippen molar-refractivity contribution in [3.05, 3.63) is 65.2 Å². The Balaban J connectivity index is 1.26. The number of likely N-dealkylation sites (tertiary alicyclic amines) is 1. The van der Waals surface area contributed by atoms with Gasteiger partial charge >= 0.3 is 0 Å². The molecule has 0 N–H and O–H groups in total. The molecule has 5 rings (SSSR count). The Morgan fingerprint density at radius 3 is 2.24 bits per heavy atom. The van der Waals surface area contributed by atoms with E-state index in [-0.39, 0.29) is 17.9 Å². The van der Waals surface area contributed by atoms with E-state index in [0.717, 1.165) is 70.6 Å². The van der Waals surface area contributed by atoms with E-state index in [1.54, 1.807) is 0 Å². The van der Waals surface area contributed by atoms with Crippen molar-refractivity contribution in [2.24, 2.45) is 0 Å². The van der Waals surface area contributed by atoms with Gasteiger partial charge in [-0.25, -0.2) is 0 Å². The highest BCUT2D eigenvalue weighted by atomic mass is 16.2. The Morgan fingerprint density at radius 1 is 0.818 bits per heavy atom. The van der Waals surface area contributed by atoms with Gasteiger partial charge in [0.1, 0.15) is 6.04 Å². The normalized spacial score (nSPS) is 21.2. The molecule has 3 aliphatic heterocycles. The molecule has 2 fully saturated rings. The van der Waals surface area contributed by atoms with Gasteiger partial charge in [-0.15, -0.1) is 0 Å². The molecule has 6 nitrogen and oxygen atoms in total. The van der Waals surface area contributed by atoms with Crippen LogP contribution in [0.4, 0.5) is 5.69 Å². The summed E-state index contributed by atoms with van der Waals surface area (Å²) in [6.45, 7) is 7.95. The molecule has 174 valence electrons. The van der Waals surface area contributed by atoms with Gasteiger partial charge in [0, 0.05) is 51.5 Å². The Hall–Kier alpha value is -2.86. The second kappa shape index (κ2) is 9.56. The highest BCUT2D eigenvalue weighted by Gasteiger charge is 2.37. The average molecular weight is 447 g/mol. The summed E-state index contributed by atoms with van der Waals surface area (Å²) in [6, 6.07) is 16.5. The maximum atomic E-state index is 13.5. The van der Waals surface area contributed by atoms with Gasteiger partial charge in [-0.3, -0.25) is 14.5 Å². The van der Waals surface area contributed by atoms with Gasteiger partial charge in [0.05, 0.1) is 6.54 Å². The summed E-state index contributed by atoms with van der Waals surface area (Å²) in [6.07, 6.45) is 3.03. The van der Waals surface area contributed by atoms with Crippen molar-refractivity contribution in [2.45, 2.75) is 32.2 Å². The molecule has 1 unspecified atom stereocenters. The predicted octanol–water partition coefficient (Wildman–Crippen LogP) is 2.87. The van der Waals surface area contributed by atoms with E-state index in [0.29, 0.717) is 6.54 Å². The van der Waals surface area contributed by atoms with E-state index in [2.05, 4.69) is 53.1 Å². The summed E-state index contributed by atoms with van der Waals surface area (Å²) in [5.41, 5.74) is 4.80. The Kier molecular flexibility index (Phi) is 6.36. The SMILES string of the molecule is Cc1ccc(N2CCN(C(=O)CN3CCc4ccccc4C3C(=O)N3CCCC3)CC2)cc1. The fourth-order valence-electron chi connectivity index (χ4n) is 5.43. The van der Waals surface area contributed by atoms with E-state index < -0.39 is 0 Å². The maximum Gasteiger partial charge on any atom is 0.244 e. The van der Waals surface area contributed by atoms with Crippen molar-refractivity contribution in [3.63, 3.8) is 0 Å². The smallest absolute Gasteiger partial charge is 0.244 e. The minimum Gasteiger partial charge on any atom is -0.368 e. The van der Waals surface area contributed by atoms with Crippen LogP contribution in [0.25, 0.3) is 0 Å². The first-order valence-corrected chi connectivity index (χ1v) is 12.3. The van der Waals surface area contributed by atoms with Gasteiger partial charge in [0.15, 0.2) is 0 Å². The molecular formula is C27H34N4O2. The van der Waals surface area contributed by atoms with Crippen LogP contribution >= 0.6 is 0 Å². The first-order chi connectivity index (χ1) is 16.1. The zero-order chi connectivity index (χ0) is 22.8. The number of benzene rings is 2. The van der Waals surface area contributed by atoms with Crippen LogP contribution in [0.15, 0.2) is 48.5 Å². The Morgan fingerprint density at radius 2 is 1.52 bits per heavy atom. The number of fused-ring (bicyclic) bond motifs is 1. The average Bonchev–Trinajstić information content (AvgIpc) is 3.39. The van der Waals surface area contributed by atoms with Crippen molar-refractivity contribution in [2.75, 3.05) is 57.3 Å². The van der Waals surface area contributed by atoms with E-state index in [4.69, 9.17) is 0 Å². The van der Waals surface area contributed by atoms with Crippen molar-refractivity contribution in [3.8, 4) is 0 Å². The lowest BCUT2D eigenvalue weighted by Gasteiger charge is -2.40. The first kappa shape index (κ1) is 22.0. The van der Waals surface area contributed by atoms with Gasteiger partial charge in [0.25, 0.3) is 0 Å². The number of nitrogens with zero attached hydrogens (tertiary/aromatic N) is 4. The fraction of sp³-hybridized carbons (Fsp3) is 0.481. The number of aryl methyl sites for hydroxylation is 1. The van der Waals surface area contributed by atoms with Crippen LogP contribution < -0.4 is 4.90 Å². The molecule has 2 aromatic rings. The zero-order valence-electron chi connectivity index (χ0n) is 19.6. The summed E-state index contributed by atoms with van der Waals surface area (Å²) >= 11 is 0. The lowest BCUT2D eigenvalue weighted by Crippen LogP contribution is -2.53. The van der Waals surface area contributed by atoms with Crippen molar-refractivity contribution in [1.82, 2.24) is 14.7 Å². The standard InChI is InChI=1S/C27H34N4O2/c1-21-8-10-23(11-9-21)28-16-18-29(19-17-28)25(32)20-31-15-12-22-6-2-3-7-24(22)26(31)27(33)30-13-4-5-14-30/h2-3,6-11,26H,4-5,12-20H2,1H3. The molecule has 0 bridgehead atoms. The maximum absolute atomic E-state index is 13.5. The summed E-state index contributed by atoms with van der Waals surface area (Å²) < 4.78 is 0. The number of amides is 2. The molecular weight excluding hydrogens is 412 g/mol. The fourth-order valence-corrected chi connectivity index (χ4v) is 5.43. The number of piperazine rings is 1. The van der Waals surface area contributed by atoms with Crippen LogP contribution in [0.3, 0.4) is 0 Å². The third kappa shape index (κ3) is 4.62. The number of carbonyl (C=O) groups excluding carboxylic acids is 2. The van der Waals surface area contributed by atoms with Crippen molar-refractivity contribution >= 4 is 17.5 Å². The number of rotatable bonds is 4. The number of carbonyl (C=O) groups is 2. The molecule has 0 saturated carbocycles. The third-order valence-corrected chi connectivity index (χ3v) is 7.40. The van der Waals surface area contributed by atoms with Gasteiger partial charge < -0.3 is 14.7 Å². The van der Waals surface area contributed by atoms with Gasteiger partial charge in [-0.1, -0.05) is 42.0 Å². The van der Waals surface area contributed by atoms with Gasteiger partial charge in [-0.05, 0) is 49.4 Å². The van der Waals surface area contributed by atoms with Crippen molar-refractivity contribution < 1.29 is 9.59 Å². The minimum absolute atomic E-state index is 0.136. The number of anilines is 1. The largest absolute Gasteiger partial charge is 0.368 e. The molecule has 2 amide bonds. The third-order valence-electron chi connectivity index (χ3n) is 7.40. The van der Waals surface area contributed by atoms with E-state index in [1.807, 2.05) is 21.9 Å². The Bertz CT molecular complexity index is 991. The summed E-state index contributed by atoms with van der Waals surface area (Å²) in [5, 5.41) is 0. The van der Waals surface area contributed by atoms with Crippen LogP contribution in [0, 0.1) is 6.92 Å². The topological polar surface area (TPSA) is 47.1 Å². The van der Waals surface area contributed by atoms with Gasteiger partial charge in [0.2, 0.25) is 11.8 Å². The molecule has 2 saturated heterocycles. The molecule has 0 aromatic heterocycles. The van der Waals surface area contributed by atoms with E-state index in [1.165, 1.54) is 16.8 Å². The molecule has 3 heterocycles. The van der Waals surface area contributed by atoms with Crippen LogP contribution in [-0.4, -0.2) is 78.9 Å². The molecule has 33 heavy (non-hydrogen) atoms. The lowest BCUT2D eigenvalue weighted by atomic mass is 9.91. The van der Waals surface area contributed by atoms with Crippen LogP contribution in [0.1, 0.15) is 35.6 Å². The molecule has 2 aromatic carbocycles. The molecule has 0 aliphatic carbocycles. The van der Waals surface area contributed by atoms with Crippen LogP contribution in [-0.2, 0) is 16.0 Å². The van der Waals surface area contributed by atoms with Crippen LogP contribution in [0.5, 0.6) is 0 Å². The second-order valence-corrected chi connectivity index (χ2v) is 9.56. The first-order valence-electron chi connectivity index (χ1n) is 12.3. The summed E-state index contributed by atoms with van der Waals surface area (Å²) in [4.78, 5) is 35.2. The molecule has 3 aliphatic rings. The molecule has 1 atom stereocenters. The van der Waals surface area contributed by atoms with E-state index >= 15 is 0 Å². The predicted molar refractivity (Wildman–Crippen MR) is 130 cm³/mol. The van der Waals surface area contributed by atoms with E-state index in [9.17, 15) is 9.59 Å². The van der Waals surface area contributed by atoms with Crippen molar-refractivity contribution in [1.29, 1.82) is 0 Å². The quantitative estimate of drug-likeness (QED) is 0.725. The van der Waals surface area contributed by atoms with Gasteiger partial charge in [-0.2, -0.15) is 0 Å². The molecule has 0 radical (unpaired) electrons.